The monoisotopic (exact) mass is 380 g/mol. The summed E-state index contributed by atoms with van der Waals surface area (Å²) < 4.78 is 12.6. The van der Waals surface area contributed by atoms with Crippen LogP contribution < -0.4 is 10.3 Å². The highest BCUT2D eigenvalue weighted by molar-refractivity contribution is 7.98. The second-order valence-electron chi connectivity index (χ2n) is 5.77. The molecule has 2 aromatic carbocycles. The van der Waals surface area contributed by atoms with Gasteiger partial charge in [-0.05, 0) is 24.3 Å². The summed E-state index contributed by atoms with van der Waals surface area (Å²) in [6.07, 6.45) is 0. The molecule has 0 spiro atoms. The van der Waals surface area contributed by atoms with E-state index in [2.05, 4.69) is 15.2 Å². The number of fused-ring (bicyclic) bond motifs is 1. The zero-order chi connectivity index (χ0) is 18.8. The van der Waals surface area contributed by atoms with E-state index >= 15 is 0 Å². The Morgan fingerprint density at radius 2 is 1.89 bits per heavy atom. The minimum absolute atomic E-state index is 0.0727. The van der Waals surface area contributed by atoms with Crippen LogP contribution in [0.25, 0.3) is 22.4 Å². The maximum atomic E-state index is 12.5. The molecule has 0 saturated carbocycles. The Bertz CT molecular complexity index is 1170. The smallest absolute Gasteiger partial charge is 0.277 e. The van der Waals surface area contributed by atoms with Gasteiger partial charge in [-0.1, -0.05) is 36.0 Å². The lowest BCUT2D eigenvalue weighted by Crippen LogP contribution is -2.21. The van der Waals surface area contributed by atoms with Gasteiger partial charge in [-0.15, -0.1) is 10.2 Å². The minimum Gasteiger partial charge on any atom is -0.496 e. The minimum atomic E-state index is -0.0727. The topological polar surface area (TPSA) is 83.0 Å². The van der Waals surface area contributed by atoms with Crippen molar-refractivity contribution in [1.82, 2.24) is 19.7 Å². The molecule has 0 amide bonds. The lowest BCUT2D eigenvalue weighted by Gasteiger charge is -2.07. The standard InChI is InChI=1S/C19H16N4O3S/c1-23-16(20-14-9-5-3-7-12(14)18(23)24)11-27-19-22-21-17(26-19)13-8-4-6-10-15(13)25-2/h3-10H,11H2,1-2H3. The van der Waals surface area contributed by atoms with Crippen LogP contribution in [-0.4, -0.2) is 26.9 Å². The number of para-hydroxylation sites is 2. The number of thioether (sulfide) groups is 1. The Hall–Kier alpha value is -3.13. The first-order chi connectivity index (χ1) is 13.2. The summed E-state index contributed by atoms with van der Waals surface area (Å²) >= 11 is 1.33. The van der Waals surface area contributed by atoms with Crippen molar-refractivity contribution in [3.8, 4) is 17.2 Å². The lowest BCUT2D eigenvalue weighted by molar-refractivity contribution is 0.411. The predicted octanol–water partition coefficient (Wildman–Crippen LogP) is 3.28. The Morgan fingerprint density at radius 3 is 2.74 bits per heavy atom. The molecule has 27 heavy (non-hydrogen) atoms. The molecule has 0 fully saturated rings. The molecule has 0 N–H and O–H groups in total. The van der Waals surface area contributed by atoms with Gasteiger partial charge in [0.1, 0.15) is 11.6 Å². The molecule has 0 radical (unpaired) electrons. The van der Waals surface area contributed by atoms with Crippen LogP contribution in [0.1, 0.15) is 5.82 Å². The highest BCUT2D eigenvalue weighted by Gasteiger charge is 2.15. The van der Waals surface area contributed by atoms with E-state index in [1.807, 2.05) is 42.5 Å². The summed E-state index contributed by atoms with van der Waals surface area (Å²) in [5, 5.41) is 9.17. The van der Waals surface area contributed by atoms with Crippen molar-refractivity contribution < 1.29 is 9.15 Å². The SMILES string of the molecule is COc1ccccc1-c1nnc(SCc2nc3ccccc3c(=O)n2C)o1. The van der Waals surface area contributed by atoms with Crippen LogP contribution in [0, 0.1) is 0 Å². The van der Waals surface area contributed by atoms with Gasteiger partial charge >= 0.3 is 0 Å². The van der Waals surface area contributed by atoms with Crippen molar-refractivity contribution in [3.63, 3.8) is 0 Å². The molecule has 2 aromatic heterocycles. The van der Waals surface area contributed by atoms with Gasteiger partial charge < -0.3 is 9.15 Å². The quantitative estimate of drug-likeness (QED) is 0.491. The lowest BCUT2D eigenvalue weighted by atomic mass is 10.2. The third kappa shape index (κ3) is 3.31. The Morgan fingerprint density at radius 1 is 1.11 bits per heavy atom. The van der Waals surface area contributed by atoms with Crippen LogP contribution in [0.2, 0.25) is 0 Å². The molecule has 0 bridgehead atoms. The van der Waals surface area contributed by atoms with E-state index in [0.29, 0.717) is 39.3 Å². The average molecular weight is 380 g/mol. The Balaban J connectivity index is 1.58. The number of methoxy groups -OCH3 is 1. The van der Waals surface area contributed by atoms with Gasteiger partial charge in [-0.2, -0.15) is 0 Å². The van der Waals surface area contributed by atoms with E-state index < -0.39 is 0 Å². The molecule has 7 nitrogen and oxygen atoms in total. The number of nitrogens with zero attached hydrogens (tertiary/aromatic N) is 4. The van der Waals surface area contributed by atoms with Crippen LogP contribution in [-0.2, 0) is 12.8 Å². The van der Waals surface area contributed by atoms with E-state index in [4.69, 9.17) is 9.15 Å². The maximum absolute atomic E-state index is 12.5. The fraction of sp³-hybridized carbons (Fsp3) is 0.158. The molecule has 0 aliphatic carbocycles. The normalized spacial score (nSPS) is 11.0. The van der Waals surface area contributed by atoms with Gasteiger partial charge in [0.05, 0.1) is 29.3 Å². The van der Waals surface area contributed by atoms with Crippen LogP contribution in [0.5, 0.6) is 5.75 Å². The van der Waals surface area contributed by atoms with E-state index in [-0.39, 0.29) is 5.56 Å². The van der Waals surface area contributed by atoms with E-state index in [1.165, 1.54) is 11.8 Å². The first-order valence-electron chi connectivity index (χ1n) is 8.21. The second-order valence-corrected chi connectivity index (χ2v) is 6.70. The van der Waals surface area contributed by atoms with Gasteiger partial charge in [-0.3, -0.25) is 9.36 Å². The van der Waals surface area contributed by atoms with Gasteiger partial charge in [0.2, 0.25) is 0 Å². The van der Waals surface area contributed by atoms with Gasteiger partial charge in [-0.25, -0.2) is 4.98 Å². The molecule has 0 saturated heterocycles. The van der Waals surface area contributed by atoms with Crippen molar-refractivity contribution in [2.24, 2.45) is 7.05 Å². The number of benzene rings is 2. The number of hydrogen-bond donors (Lipinski definition) is 0. The number of aromatic nitrogens is 4. The van der Waals surface area contributed by atoms with E-state index in [0.717, 1.165) is 5.56 Å². The van der Waals surface area contributed by atoms with Crippen LogP contribution >= 0.6 is 11.8 Å². The highest BCUT2D eigenvalue weighted by atomic mass is 32.2. The third-order valence-corrected chi connectivity index (χ3v) is 4.96. The summed E-state index contributed by atoms with van der Waals surface area (Å²) in [6, 6.07) is 14.7. The molecule has 8 heteroatoms. The molecule has 0 atom stereocenters. The van der Waals surface area contributed by atoms with Crippen LogP contribution in [0.4, 0.5) is 0 Å². The van der Waals surface area contributed by atoms with Crippen LogP contribution in [0.3, 0.4) is 0 Å². The Kier molecular flexibility index (Phi) is 4.64. The van der Waals surface area contributed by atoms with Crippen molar-refractivity contribution in [2.75, 3.05) is 7.11 Å². The number of ether oxygens (including phenoxy) is 1. The van der Waals surface area contributed by atoms with E-state index in [9.17, 15) is 4.79 Å². The summed E-state index contributed by atoms with van der Waals surface area (Å²) in [5.74, 6) is 2.12. The van der Waals surface area contributed by atoms with Crippen LogP contribution in [0.15, 0.2) is 63.0 Å². The molecule has 0 unspecified atom stereocenters. The first kappa shape index (κ1) is 17.3. The van der Waals surface area contributed by atoms with Gasteiger partial charge in [0.15, 0.2) is 0 Å². The first-order valence-corrected chi connectivity index (χ1v) is 9.20. The second kappa shape index (κ2) is 7.24. The molecular weight excluding hydrogens is 364 g/mol. The summed E-state index contributed by atoms with van der Waals surface area (Å²) in [7, 11) is 3.31. The molecule has 136 valence electrons. The molecule has 2 heterocycles. The largest absolute Gasteiger partial charge is 0.496 e. The molecule has 0 aliphatic rings. The van der Waals surface area contributed by atoms with Crippen molar-refractivity contribution >= 4 is 22.7 Å². The molecular formula is C19H16N4O3S. The summed E-state index contributed by atoms with van der Waals surface area (Å²) in [5.41, 5.74) is 1.34. The summed E-state index contributed by atoms with van der Waals surface area (Å²) in [6.45, 7) is 0. The highest BCUT2D eigenvalue weighted by Crippen LogP contribution is 2.31. The Labute approximate surface area is 159 Å². The van der Waals surface area contributed by atoms with Crippen molar-refractivity contribution in [2.45, 2.75) is 11.0 Å². The predicted molar refractivity (Wildman–Crippen MR) is 103 cm³/mol. The number of hydrogen-bond acceptors (Lipinski definition) is 7. The average Bonchev–Trinajstić information content (AvgIpc) is 3.18. The van der Waals surface area contributed by atoms with Crippen molar-refractivity contribution in [3.05, 3.63) is 64.7 Å². The fourth-order valence-electron chi connectivity index (χ4n) is 2.72. The fourth-order valence-corrected chi connectivity index (χ4v) is 3.46. The third-order valence-electron chi connectivity index (χ3n) is 4.14. The van der Waals surface area contributed by atoms with Crippen molar-refractivity contribution in [1.29, 1.82) is 0 Å². The summed E-state index contributed by atoms with van der Waals surface area (Å²) in [4.78, 5) is 17.0. The molecule has 0 aliphatic heterocycles. The molecule has 4 rings (SSSR count). The maximum Gasteiger partial charge on any atom is 0.277 e. The zero-order valence-corrected chi connectivity index (χ0v) is 15.6. The van der Waals surface area contributed by atoms with Gasteiger partial charge in [0, 0.05) is 7.05 Å². The number of rotatable bonds is 5. The zero-order valence-electron chi connectivity index (χ0n) is 14.7. The molecule has 4 aromatic rings. The van der Waals surface area contributed by atoms with Gasteiger partial charge in [0.25, 0.3) is 16.7 Å². The van der Waals surface area contributed by atoms with E-state index in [1.54, 1.807) is 24.8 Å².